The van der Waals surface area contributed by atoms with E-state index in [4.69, 9.17) is 16.3 Å². The van der Waals surface area contributed by atoms with Gasteiger partial charge in [-0.05, 0) is 31.4 Å². The van der Waals surface area contributed by atoms with E-state index in [9.17, 15) is 9.59 Å². The second-order valence-corrected chi connectivity index (χ2v) is 7.84. The van der Waals surface area contributed by atoms with Crippen LogP contribution in [0, 0.1) is 0 Å². The number of aromatic nitrogens is 3. The number of hydrogen-bond acceptors (Lipinski definition) is 5. The van der Waals surface area contributed by atoms with Crippen molar-refractivity contribution < 1.29 is 9.53 Å². The normalized spacial score (nSPS) is 18.0. The summed E-state index contributed by atoms with van der Waals surface area (Å²) >= 11 is 7.34. The van der Waals surface area contributed by atoms with Crippen molar-refractivity contribution in [1.82, 2.24) is 20.1 Å². The summed E-state index contributed by atoms with van der Waals surface area (Å²) in [7, 11) is 0. The van der Waals surface area contributed by atoms with Crippen molar-refractivity contribution in [2.24, 2.45) is 0 Å². The number of ether oxygens (including phenoxy) is 1. The van der Waals surface area contributed by atoms with Gasteiger partial charge in [0.2, 0.25) is 5.91 Å². The van der Waals surface area contributed by atoms with E-state index < -0.39 is 5.25 Å². The van der Waals surface area contributed by atoms with Gasteiger partial charge in [-0.25, -0.2) is 9.89 Å². The fraction of sp³-hybridized carbons (Fsp3) is 0.471. The molecule has 2 N–H and O–H groups in total. The van der Waals surface area contributed by atoms with Crippen LogP contribution < -0.4 is 11.0 Å². The lowest BCUT2D eigenvalue weighted by atomic mass is 10.2. The van der Waals surface area contributed by atoms with E-state index in [0.29, 0.717) is 23.3 Å². The molecule has 0 spiro atoms. The summed E-state index contributed by atoms with van der Waals surface area (Å²) in [6.07, 6.45) is 1.95. The van der Waals surface area contributed by atoms with Crippen LogP contribution >= 0.6 is 23.4 Å². The van der Waals surface area contributed by atoms with Gasteiger partial charge in [0.15, 0.2) is 5.16 Å². The molecule has 140 valence electrons. The van der Waals surface area contributed by atoms with Crippen molar-refractivity contribution in [3.8, 4) is 0 Å². The zero-order valence-electron chi connectivity index (χ0n) is 14.4. The van der Waals surface area contributed by atoms with Crippen molar-refractivity contribution in [2.75, 3.05) is 6.61 Å². The number of benzene rings is 1. The fourth-order valence-electron chi connectivity index (χ4n) is 2.73. The molecule has 9 heteroatoms. The Labute approximate surface area is 160 Å². The number of thioether (sulfide) groups is 1. The quantitative estimate of drug-likeness (QED) is 0.700. The molecule has 1 aromatic carbocycles. The Hall–Kier alpha value is -1.77. The number of nitrogens with zero attached hydrogens (tertiary/aromatic N) is 2. The molecule has 0 radical (unpaired) electrons. The summed E-state index contributed by atoms with van der Waals surface area (Å²) in [5.74, 6) is -0.144. The molecule has 1 amide bonds. The highest BCUT2D eigenvalue weighted by atomic mass is 35.5. The third-order valence-corrected chi connectivity index (χ3v) is 5.65. The van der Waals surface area contributed by atoms with Crippen LogP contribution in [0.2, 0.25) is 5.02 Å². The summed E-state index contributed by atoms with van der Waals surface area (Å²) in [6.45, 7) is 3.31. The number of H-pyrrole nitrogens is 1. The Balaban J connectivity index is 1.59. The lowest BCUT2D eigenvalue weighted by Crippen LogP contribution is -2.31. The maximum Gasteiger partial charge on any atom is 0.344 e. The molecule has 1 saturated heterocycles. The predicted molar refractivity (Wildman–Crippen MR) is 100 cm³/mol. The summed E-state index contributed by atoms with van der Waals surface area (Å²) in [6, 6.07) is 7.37. The lowest BCUT2D eigenvalue weighted by molar-refractivity contribution is -0.120. The fourth-order valence-corrected chi connectivity index (χ4v) is 3.82. The van der Waals surface area contributed by atoms with Crippen LogP contribution in [0.25, 0.3) is 0 Å². The van der Waals surface area contributed by atoms with Crippen LogP contribution in [0.5, 0.6) is 0 Å². The van der Waals surface area contributed by atoms with Gasteiger partial charge in [-0.1, -0.05) is 41.6 Å². The first-order valence-corrected chi connectivity index (χ1v) is 9.75. The zero-order valence-corrected chi connectivity index (χ0v) is 16.0. The van der Waals surface area contributed by atoms with Gasteiger partial charge >= 0.3 is 5.69 Å². The number of halogens is 1. The van der Waals surface area contributed by atoms with Crippen molar-refractivity contribution in [3.63, 3.8) is 0 Å². The first kappa shape index (κ1) is 19.0. The van der Waals surface area contributed by atoms with Gasteiger partial charge in [-0.15, -0.1) is 5.10 Å². The van der Waals surface area contributed by atoms with E-state index in [1.807, 2.05) is 18.2 Å². The van der Waals surface area contributed by atoms with Gasteiger partial charge < -0.3 is 10.1 Å². The zero-order chi connectivity index (χ0) is 18.5. The smallest absolute Gasteiger partial charge is 0.344 e. The highest BCUT2D eigenvalue weighted by Gasteiger charge is 2.22. The molecular formula is C17H21ClN4O3S. The van der Waals surface area contributed by atoms with Crippen molar-refractivity contribution in [3.05, 3.63) is 45.3 Å². The largest absolute Gasteiger partial charge is 0.376 e. The Morgan fingerprint density at radius 3 is 3.08 bits per heavy atom. The molecule has 2 atom stereocenters. The third-order valence-electron chi connectivity index (χ3n) is 4.20. The molecule has 1 fully saturated rings. The van der Waals surface area contributed by atoms with E-state index in [0.717, 1.165) is 25.0 Å². The Kier molecular flexibility index (Phi) is 6.39. The number of carbonyl (C=O) groups is 1. The van der Waals surface area contributed by atoms with Crippen LogP contribution in [0.4, 0.5) is 0 Å². The van der Waals surface area contributed by atoms with Crippen LogP contribution in [-0.4, -0.2) is 38.6 Å². The minimum Gasteiger partial charge on any atom is -0.376 e. The molecule has 7 nitrogen and oxygen atoms in total. The molecule has 1 aliphatic heterocycles. The van der Waals surface area contributed by atoms with Gasteiger partial charge in [0.25, 0.3) is 0 Å². The van der Waals surface area contributed by atoms with Crippen LogP contribution in [0.1, 0.15) is 25.3 Å². The molecule has 2 aromatic rings. The second-order valence-electron chi connectivity index (χ2n) is 6.13. The average molecular weight is 397 g/mol. The van der Waals surface area contributed by atoms with Crippen LogP contribution in [0.3, 0.4) is 0 Å². The number of nitrogens with one attached hydrogen (secondary N) is 2. The summed E-state index contributed by atoms with van der Waals surface area (Å²) < 4.78 is 7.13. The van der Waals surface area contributed by atoms with E-state index in [1.54, 1.807) is 17.6 Å². The summed E-state index contributed by atoms with van der Waals surface area (Å²) in [4.78, 5) is 24.4. The highest BCUT2D eigenvalue weighted by Crippen LogP contribution is 2.22. The SMILES string of the molecule is CC(Sc1n[nH]c(=O)n1CC1CCCO1)C(=O)NCc1ccccc1Cl. The van der Waals surface area contributed by atoms with Gasteiger partial charge in [0, 0.05) is 18.2 Å². The lowest BCUT2D eigenvalue weighted by Gasteiger charge is -2.14. The molecule has 0 aliphatic carbocycles. The van der Waals surface area contributed by atoms with Crippen LogP contribution in [0.15, 0.2) is 34.2 Å². The molecule has 1 aromatic heterocycles. The van der Waals surface area contributed by atoms with E-state index in [-0.39, 0.29) is 17.7 Å². The number of rotatable bonds is 7. The number of amides is 1. The van der Waals surface area contributed by atoms with Gasteiger partial charge in [-0.2, -0.15) is 0 Å². The van der Waals surface area contributed by atoms with Crippen molar-refractivity contribution in [1.29, 1.82) is 0 Å². The molecule has 1 aliphatic rings. The van der Waals surface area contributed by atoms with Gasteiger partial charge in [-0.3, -0.25) is 9.36 Å². The third kappa shape index (κ3) is 4.69. The first-order valence-electron chi connectivity index (χ1n) is 8.49. The van der Waals surface area contributed by atoms with Gasteiger partial charge in [0.05, 0.1) is 17.9 Å². The minimum atomic E-state index is -0.407. The number of carbonyl (C=O) groups excluding carboxylic acids is 1. The summed E-state index contributed by atoms with van der Waals surface area (Å²) in [5, 5.41) is 10.1. The van der Waals surface area contributed by atoms with E-state index >= 15 is 0 Å². The summed E-state index contributed by atoms with van der Waals surface area (Å²) in [5.41, 5.74) is 0.571. The average Bonchev–Trinajstić information content (AvgIpc) is 3.26. The number of aromatic amines is 1. The van der Waals surface area contributed by atoms with Crippen molar-refractivity contribution >= 4 is 29.3 Å². The molecule has 3 rings (SSSR count). The maximum atomic E-state index is 12.4. The molecule has 2 heterocycles. The molecule has 0 saturated carbocycles. The van der Waals surface area contributed by atoms with Crippen LogP contribution in [-0.2, 0) is 22.6 Å². The monoisotopic (exact) mass is 396 g/mol. The Morgan fingerprint density at radius 2 is 2.35 bits per heavy atom. The number of hydrogen-bond donors (Lipinski definition) is 2. The highest BCUT2D eigenvalue weighted by molar-refractivity contribution is 8.00. The molecule has 26 heavy (non-hydrogen) atoms. The Bertz CT molecular complexity index is 816. The van der Waals surface area contributed by atoms with Crippen molar-refractivity contribution in [2.45, 2.75) is 49.4 Å². The maximum absolute atomic E-state index is 12.4. The standard InChI is InChI=1S/C17H21ClN4O3S/c1-11(15(23)19-9-12-5-2-3-7-14(12)18)26-17-21-20-16(24)22(17)10-13-6-4-8-25-13/h2-3,5,7,11,13H,4,6,8-10H2,1H3,(H,19,23)(H,20,24). The van der Waals surface area contributed by atoms with Gasteiger partial charge in [0.1, 0.15) is 0 Å². The topological polar surface area (TPSA) is 89.0 Å². The minimum absolute atomic E-state index is 0.0222. The first-order chi connectivity index (χ1) is 12.5. The molecule has 2 unspecified atom stereocenters. The van der Waals surface area contributed by atoms with E-state index in [2.05, 4.69) is 15.5 Å². The molecular weight excluding hydrogens is 376 g/mol. The van der Waals surface area contributed by atoms with E-state index in [1.165, 1.54) is 11.8 Å². The Morgan fingerprint density at radius 1 is 1.54 bits per heavy atom. The second kappa shape index (κ2) is 8.75. The predicted octanol–water partition coefficient (Wildman–Crippen LogP) is 2.20. The molecule has 0 bridgehead atoms.